The normalized spacial score (nSPS) is 18.4. The van der Waals surface area contributed by atoms with Gasteiger partial charge in [0, 0.05) is 50.5 Å². The molecule has 2 aromatic rings. The molecule has 4 rings (SSSR count). The van der Waals surface area contributed by atoms with Crippen molar-refractivity contribution in [1.29, 1.82) is 0 Å². The molecule has 4 nitrogen and oxygen atoms in total. The molecule has 2 aliphatic rings. The van der Waals surface area contributed by atoms with Gasteiger partial charge in [-0.15, -0.1) is 23.5 Å². The third-order valence-corrected chi connectivity index (χ3v) is 8.74. The fourth-order valence-corrected chi connectivity index (χ4v) is 6.85. The second-order valence-electron chi connectivity index (χ2n) is 7.97. The zero-order chi connectivity index (χ0) is 20.8. The molecule has 0 spiro atoms. The Morgan fingerprint density at radius 2 is 1.77 bits per heavy atom. The SMILES string of the molecule is Cc1cccc(N2CCN(CCNC(=O)c3ccc(C4SCCCS4)cc3)CC2)c1. The number of carbonyl (C=O) groups is 1. The molecule has 0 radical (unpaired) electrons. The molecule has 2 heterocycles. The van der Waals surface area contributed by atoms with Crippen molar-refractivity contribution in [2.24, 2.45) is 0 Å². The van der Waals surface area contributed by atoms with Gasteiger partial charge in [-0.1, -0.05) is 24.3 Å². The quantitative estimate of drug-likeness (QED) is 0.718. The summed E-state index contributed by atoms with van der Waals surface area (Å²) in [5.74, 6) is 2.50. The van der Waals surface area contributed by atoms with E-state index in [1.165, 1.54) is 34.7 Å². The third-order valence-electron chi connectivity index (χ3n) is 5.72. The maximum absolute atomic E-state index is 12.5. The Hall–Kier alpha value is -1.63. The van der Waals surface area contributed by atoms with E-state index in [1.807, 2.05) is 35.7 Å². The topological polar surface area (TPSA) is 35.6 Å². The maximum atomic E-state index is 12.5. The van der Waals surface area contributed by atoms with Gasteiger partial charge in [-0.3, -0.25) is 9.69 Å². The molecule has 160 valence electrons. The molecule has 0 aromatic heterocycles. The lowest BCUT2D eigenvalue weighted by Crippen LogP contribution is -2.48. The summed E-state index contributed by atoms with van der Waals surface area (Å²) in [4.78, 5) is 17.4. The smallest absolute Gasteiger partial charge is 0.251 e. The van der Waals surface area contributed by atoms with Crippen LogP contribution in [0.4, 0.5) is 5.69 Å². The lowest BCUT2D eigenvalue weighted by atomic mass is 10.1. The number of nitrogens with one attached hydrogen (secondary N) is 1. The van der Waals surface area contributed by atoms with Crippen molar-refractivity contribution in [2.75, 3.05) is 55.7 Å². The molecule has 0 bridgehead atoms. The Kier molecular flexibility index (Phi) is 7.63. The first-order valence-corrected chi connectivity index (χ1v) is 12.9. The van der Waals surface area contributed by atoms with Crippen LogP contribution in [0.3, 0.4) is 0 Å². The second-order valence-corrected chi connectivity index (χ2v) is 10.7. The summed E-state index contributed by atoms with van der Waals surface area (Å²) in [6.45, 7) is 7.89. The minimum atomic E-state index is 0.0314. The van der Waals surface area contributed by atoms with Gasteiger partial charge in [0.25, 0.3) is 5.91 Å². The molecular weight excluding hydrogens is 410 g/mol. The summed E-state index contributed by atoms with van der Waals surface area (Å²) in [5, 5.41) is 3.09. The van der Waals surface area contributed by atoms with Crippen LogP contribution >= 0.6 is 23.5 Å². The predicted octanol–water partition coefficient (Wildman–Crippen LogP) is 4.42. The summed E-state index contributed by atoms with van der Waals surface area (Å²) in [6, 6.07) is 16.9. The zero-order valence-electron chi connectivity index (χ0n) is 17.7. The second kappa shape index (κ2) is 10.6. The fraction of sp³-hybridized carbons (Fsp3) is 0.458. The minimum Gasteiger partial charge on any atom is -0.369 e. The van der Waals surface area contributed by atoms with Crippen LogP contribution < -0.4 is 10.2 Å². The number of rotatable bonds is 6. The van der Waals surface area contributed by atoms with Gasteiger partial charge in [0.2, 0.25) is 0 Å². The largest absolute Gasteiger partial charge is 0.369 e. The van der Waals surface area contributed by atoms with Crippen molar-refractivity contribution in [3.8, 4) is 0 Å². The highest BCUT2D eigenvalue weighted by atomic mass is 32.2. The van der Waals surface area contributed by atoms with Crippen molar-refractivity contribution in [1.82, 2.24) is 10.2 Å². The highest BCUT2D eigenvalue weighted by Gasteiger charge is 2.18. The molecule has 2 aromatic carbocycles. The lowest BCUT2D eigenvalue weighted by Gasteiger charge is -2.36. The minimum absolute atomic E-state index is 0.0314. The Bertz CT molecular complexity index is 829. The first-order chi connectivity index (χ1) is 14.7. The Labute approximate surface area is 188 Å². The molecule has 0 unspecified atom stereocenters. The monoisotopic (exact) mass is 441 g/mol. The average molecular weight is 442 g/mol. The van der Waals surface area contributed by atoms with Gasteiger partial charge in [0.15, 0.2) is 0 Å². The highest BCUT2D eigenvalue weighted by molar-refractivity contribution is 8.16. The van der Waals surface area contributed by atoms with E-state index < -0.39 is 0 Å². The number of amides is 1. The number of hydrogen-bond donors (Lipinski definition) is 1. The van der Waals surface area contributed by atoms with Gasteiger partial charge >= 0.3 is 0 Å². The lowest BCUT2D eigenvalue weighted by molar-refractivity contribution is 0.0948. The number of benzene rings is 2. The maximum Gasteiger partial charge on any atom is 0.251 e. The number of hydrogen-bond acceptors (Lipinski definition) is 5. The van der Waals surface area contributed by atoms with Crippen molar-refractivity contribution in [3.63, 3.8) is 0 Å². The van der Waals surface area contributed by atoms with Crippen LogP contribution in [0.15, 0.2) is 48.5 Å². The molecule has 2 saturated heterocycles. The van der Waals surface area contributed by atoms with E-state index in [0.717, 1.165) is 38.3 Å². The van der Waals surface area contributed by atoms with E-state index in [-0.39, 0.29) is 5.91 Å². The standard InChI is InChI=1S/C24H31N3OS2/c1-19-4-2-5-22(18-19)27-14-12-26(13-15-27)11-10-25-23(28)20-6-8-21(9-7-20)24-29-16-3-17-30-24/h2,4-9,18,24H,3,10-17H2,1H3,(H,25,28). The van der Waals surface area contributed by atoms with Gasteiger partial charge in [-0.2, -0.15) is 0 Å². The highest BCUT2D eigenvalue weighted by Crippen LogP contribution is 2.43. The molecule has 0 saturated carbocycles. The number of carbonyl (C=O) groups excluding carboxylic acids is 1. The molecule has 1 amide bonds. The molecule has 30 heavy (non-hydrogen) atoms. The van der Waals surface area contributed by atoms with E-state index in [0.29, 0.717) is 11.1 Å². The Morgan fingerprint density at radius 3 is 2.47 bits per heavy atom. The fourth-order valence-electron chi connectivity index (χ4n) is 3.96. The van der Waals surface area contributed by atoms with E-state index >= 15 is 0 Å². The number of anilines is 1. The van der Waals surface area contributed by atoms with Gasteiger partial charge in [0.1, 0.15) is 0 Å². The molecule has 6 heteroatoms. The van der Waals surface area contributed by atoms with Crippen LogP contribution in [0, 0.1) is 6.92 Å². The van der Waals surface area contributed by atoms with Crippen LogP contribution in [0.2, 0.25) is 0 Å². The van der Waals surface area contributed by atoms with E-state index in [4.69, 9.17) is 0 Å². The summed E-state index contributed by atoms with van der Waals surface area (Å²) in [6.07, 6.45) is 1.30. The molecule has 0 aliphatic carbocycles. The predicted molar refractivity (Wildman–Crippen MR) is 131 cm³/mol. The first-order valence-electron chi connectivity index (χ1n) is 10.8. The molecule has 0 atom stereocenters. The number of aryl methyl sites for hydroxylation is 1. The number of nitrogens with zero attached hydrogens (tertiary/aromatic N) is 2. The van der Waals surface area contributed by atoms with Gasteiger partial charge < -0.3 is 10.2 Å². The summed E-state index contributed by atoms with van der Waals surface area (Å²) >= 11 is 4.03. The molecule has 1 N–H and O–H groups in total. The Balaban J connectivity index is 1.19. The summed E-state index contributed by atoms with van der Waals surface area (Å²) < 4.78 is 0.523. The van der Waals surface area contributed by atoms with Crippen molar-refractivity contribution in [2.45, 2.75) is 17.9 Å². The summed E-state index contributed by atoms with van der Waals surface area (Å²) in [7, 11) is 0. The van der Waals surface area contributed by atoms with Crippen molar-refractivity contribution in [3.05, 3.63) is 65.2 Å². The van der Waals surface area contributed by atoms with Crippen molar-refractivity contribution >= 4 is 35.1 Å². The number of piperazine rings is 1. The van der Waals surface area contributed by atoms with Crippen LogP contribution in [0.1, 0.15) is 32.5 Å². The molecule has 2 aliphatic heterocycles. The zero-order valence-corrected chi connectivity index (χ0v) is 19.3. The van der Waals surface area contributed by atoms with Crippen LogP contribution in [-0.2, 0) is 0 Å². The van der Waals surface area contributed by atoms with Crippen LogP contribution in [0.25, 0.3) is 0 Å². The molecule has 2 fully saturated rings. The van der Waals surface area contributed by atoms with Crippen molar-refractivity contribution < 1.29 is 4.79 Å². The van der Waals surface area contributed by atoms with E-state index in [1.54, 1.807) is 0 Å². The molecular formula is C24H31N3OS2. The first kappa shape index (κ1) is 21.6. The van der Waals surface area contributed by atoms with E-state index in [9.17, 15) is 4.79 Å². The van der Waals surface area contributed by atoms with Gasteiger partial charge in [-0.05, 0) is 60.2 Å². The average Bonchev–Trinajstić information content (AvgIpc) is 2.80. The third kappa shape index (κ3) is 5.74. The van der Waals surface area contributed by atoms with E-state index in [2.05, 4.69) is 58.4 Å². The van der Waals surface area contributed by atoms with Gasteiger partial charge in [0.05, 0.1) is 4.58 Å². The van der Waals surface area contributed by atoms with Gasteiger partial charge in [-0.25, -0.2) is 0 Å². The number of thioether (sulfide) groups is 2. The Morgan fingerprint density at radius 1 is 1.03 bits per heavy atom. The van der Waals surface area contributed by atoms with Crippen LogP contribution in [-0.4, -0.2) is 61.6 Å². The summed E-state index contributed by atoms with van der Waals surface area (Å²) in [5.41, 5.74) is 4.71. The van der Waals surface area contributed by atoms with Crippen LogP contribution in [0.5, 0.6) is 0 Å².